The topological polar surface area (TPSA) is 30.2 Å². The first-order valence-electron chi connectivity index (χ1n) is 5.75. The Balaban J connectivity index is 2.08. The van der Waals surface area contributed by atoms with E-state index in [2.05, 4.69) is 36.7 Å². The van der Waals surface area contributed by atoms with E-state index in [0.29, 0.717) is 11.8 Å². The molecule has 0 amide bonds. The average molecular weight is 267 g/mol. The summed E-state index contributed by atoms with van der Waals surface area (Å²) >= 11 is 6.16. The molecule has 0 bridgehead atoms. The van der Waals surface area contributed by atoms with E-state index in [9.17, 15) is 0 Å². The Bertz CT molecular complexity index is 481. The number of hydrogen-bond donors (Lipinski definition) is 1. The van der Waals surface area contributed by atoms with E-state index >= 15 is 0 Å². The van der Waals surface area contributed by atoms with Crippen molar-refractivity contribution < 1.29 is 0 Å². The molecule has 0 aliphatic carbocycles. The number of rotatable bonds is 5. The van der Waals surface area contributed by atoms with E-state index in [1.165, 1.54) is 0 Å². The minimum Gasteiger partial charge on any atom is -0.277 e. The van der Waals surface area contributed by atoms with Crippen LogP contribution in [0, 0.1) is 11.8 Å². The van der Waals surface area contributed by atoms with Crippen molar-refractivity contribution >= 4 is 30.0 Å². The lowest BCUT2D eigenvalue weighted by molar-refractivity contribution is 0.473. The lowest BCUT2D eigenvalue weighted by Gasteiger charge is -2.16. The zero-order valence-electron chi connectivity index (χ0n) is 10.1. The summed E-state index contributed by atoms with van der Waals surface area (Å²) in [5.41, 5.74) is 0.905. The third kappa shape index (κ3) is 2.96. The highest BCUT2D eigenvalue weighted by Gasteiger charge is 2.14. The van der Waals surface area contributed by atoms with Crippen molar-refractivity contribution in [3.63, 3.8) is 0 Å². The van der Waals surface area contributed by atoms with Crippen LogP contribution in [0.15, 0.2) is 29.6 Å². The fourth-order valence-electron chi connectivity index (χ4n) is 1.56. The van der Waals surface area contributed by atoms with Crippen LogP contribution in [-0.2, 0) is 0 Å². The van der Waals surface area contributed by atoms with Crippen LogP contribution in [0.5, 0.6) is 0 Å². The van der Waals surface area contributed by atoms with E-state index in [4.69, 9.17) is 0 Å². The van der Waals surface area contributed by atoms with Crippen LogP contribution >= 0.6 is 24.4 Å². The van der Waals surface area contributed by atoms with Crippen LogP contribution in [-0.4, -0.2) is 26.1 Å². The van der Waals surface area contributed by atoms with E-state index in [1.54, 1.807) is 11.8 Å². The summed E-state index contributed by atoms with van der Waals surface area (Å²) in [5, 5.41) is 9.32. The Labute approximate surface area is 111 Å². The quantitative estimate of drug-likeness (QED) is 0.667. The van der Waals surface area contributed by atoms with Gasteiger partial charge in [-0.2, -0.15) is 12.6 Å². The fourth-order valence-corrected chi connectivity index (χ4v) is 3.54. The second kappa shape index (κ2) is 5.78. The van der Waals surface area contributed by atoms with Crippen LogP contribution in [0.4, 0.5) is 0 Å². The van der Waals surface area contributed by atoms with Gasteiger partial charge in [0.25, 0.3) is 0 Å². The minimum absolute atomic E-state index is 0.611. The largest absolute Gasteiger partial charge is 0.277 e. The van der Waals surface area contributed by atoms with Crippen LogP contribution in [0.1, 0.15) is 13.8 Å². The van der Waals surface area contributed by atoms with Crippen molar-refractivity contribution in [3.05, 3.63) is 24.4 Å². The van der Waals surface area contributed by atoms with Crippen molar-refractivity contribution in [1.29, 1.82) is 0 Å². The average Bonchev–Trinajstić information content (AvgIpc) is 2.73. The summed E-state index contributed by atoms with van der Waals surface area (Å²) in [4.78, 5) is 0. The second-order valence-corrected chi connectivity index (χ2v) is 5.76. The van der Waals surface area contributed by atoms with Gasteiger partial charge in [0.1, 0.15) is 0 Å². The van der Waals surface area contributed by atoms with Gasteiger partial charge in [0.15, 0.2) is 10.8 Å². The smallest absolute Gasteiger partial charge is 0.195 e. The summed E-state index contributed by atoms with van der Waals surface area (Å²) < 4.78 is 2.03. The molecule has 0 saturated carbocycles. The molecule has 0 aliphatic rings. The van der Waals surface area contributed by atoms with Gasteiger partial charge in [-0.1, -0.05) is 31.7 Å². The molecule has 0 aliphatic heterocycles. The van der Waals surface area contributed by atoms with Crippen molar-refractivity contribution in [3.8, 4) is 0 Å². The summed E-state index contributed by atoms with van der Waals surface area (Å²) in [6.45, 7) is 4.48. The van der Waals surface area contributed by atoms with Crippen molar-refractivity contribution in [1.82, 2.24) is 14.6 Å². The highest BCUT2D eigenvalue weighted by Crippen LogP contribution is 2.24. The predicted molar refractivity (Wildman–Crippen MR) is 75.9 cm³/mol. The molecule has 2 rings (SSSR count). The standard InChI is InChI=1S/C12H17N3S2/c1-9(2)10(7-16)8-17-12-14-13-11-5-3-4-6-15(11)12/h3-6,9-10,16H,7-8H2,1-2H3. The highest BCUT2D eigenvalue weighted by atomic mass is 32.2. The van der Waals surface area contributed by atoms with Gasteiger partial charge >= 0.3 is 0 Å². The van der Waals surface area contributed by atoms with Gasteiger partial charge in [-0.05, 0) is 29.7 Å². The monoisotopic (exact) mass is 267 g/mol. The molecule has 1 unspecified atom stereocenters. The Morgan fingerprint density at radius 3 is 2.88 bits per heavy atom. The predicted octanol–water partition coefficient (Wildman–Crippen LogP) is 3.02. The Kier molecular flexibility index (Phi) is 4.34. The summed E-state index contributed by atoms with van der Waals surface area (Å²) in [6.07, 6.45) is 2.00. The zero-order chi connectivity index (χ0) is 12.3. The molecule has 3 nitrogen and oxygen atoms in total. The summed E-state index contributed by atoms with van der Waals surface area (Å²) in [7, 11) is 0. The molecule has 92 valence electrons. The number of hydrogen-bond acceptors (Lipinski definition) is 4. The molecule has 0 fully saturated rings. The molecule has 2 aromatic rings. The molecule has 1 atom stereocenters. The van der Waals surface area contributed by atoms with Crippen molar-refractivity contribution in [2.45, 2.75) is 19.0 Å². The summed E-state index contributed by atoms with van der Waals surface area (Å²) in [5.74, 6) is 3.22. The van der Waals surface area contributed by atoms with Crippen LogP contribution in [0.3, 0.4) is 0 Å². The number of thiol groups is 1. The third-order valence-electron chi connectivity index (χ3n) is 2.89. The Morgan fingerprint density at radius 2 is 2.18 bits per heavy atom. The number of nitrogens with zero attached hydrogens (tertiary/aromatic N) is 3. The molecular formula is C12H17N3S2. The first-order chi connectivity index (χ1) is 8.22. The molecule has 0 saturated heterocycles. The first-order valence-corrected chi connectivity index (χ1v) is 7.37. The fraction of sp³-hybridized carbons (Fsp3) is 0.500. The van der Waals surface area contributed by atoms with Gasteiger partial charge in [-0.15, -0.1) is 10.2 Å². The summed E-state index contributed by atoms with van der Waals surface area (Å²) in [6, 6.07) is 5.94. The maximum atomic E-state index is 4.40. The normalized spacial score (nSPS) is 13.4. The Hall–Kier alpha value is -0.680. The van der Waals surface area contributed by atoms with E-state index in [1.807, 2.05) is 28.8 Å². The van der Waals surface area contributed by atoms with Gasteiger partial charge in [-0.3, -0.25) is 4.40 Å². The maximum absolute atomic E-state index is 4.40. The van der Waals surface area contributed by atoms with Crippen molar-refractivity contribution in [2.24, 2.45) is 11.8 Å². The zero-order valence-corrected chi connectivity index (χ0v) is 11.8. The number of thioether (sulfide) groups is 1. The molecule has 2 heterocycles. The molecule has 2 aromatic heterocycles. The number of aromatic nitrogens is 3. The Morgan fingerprint density at radius 1 is 1.35 bits per heavy atom. The van der Waals surface area contributed by atoms with Gasteiger partial charge < -0.3 is 0 Å². The third-order valence-corrected chi connectivity index (χ3v) is 4.49. The molecule has 0 aromatic carbocycles. The van der Waals surface area contributed by atoms with Crippen LogP contribution in [0.25, 0.3) is 5.65 Å². The first kappa shape index (κ1) is 12.8. The number of pyridine rings is 1. The molecule has 5 heteroatoms. The lowest BCUT2D eigenvalue weighted by Crippen LogP contribution is -2.13. The van der Waals surface area contributed by atoms with E-state index in [-0.39, 0.29) is 0 Å². The number of fused-ring (bicyclic) bond motifs is 1. The maximum Gasteiger partial charge on any atom is 0.195 e. The highest BCUT2D eigenvalue weighted by molar-refractivity contribution is 7.99. The van der Waals surface area contributed by atoms with Gasteiger partial charge in [-0.25, -0.2) is 0 Å². The van der Waals surface area contributed by atoms with Crippen LogP contribution in [0.2, 0.25) is 0 Å². The van der Waals surface area contributed by atoms with Gasteiger partial charge in [0, 0.05) is 11.9 Å². The molecule has 0 N–H and O–H groups in total. The van der Waals surface area contributed by atoms with E-state index in [0.717, 1.165) is 22.3 Å². The van der Waals surface area contributed by atoms with Crippen LogP contribution < -0.4 is 0 Å². The van der Waals surface area contributed by atoms with Gasteiger partial charge in [0.2, 0.25) is 0 Å². The van der Waals surface area contributed by atoms with Crippen molar-refractivity contribution in [2.75, 3.05) is 11.5 Å². The second-order valence-electron chi connectivity index (χ2n) is 4.41. The molecular weight excluding hydrogens is 250 g/mol. The molecule has 17 heavy (non-hydrogen) atoms. The molecule has 0 spiro atoms. The SMILES string of the molecule is CC(C)C(CS)CSc1nnc2ccccn12. The lowest BCUT2D eigenvalue weighted by atomic mass is 10.0. The van der Waals surface area contributed by atoms with Gasteiger partial charge in [0.05, 0.1) is 0 Å². The minimum atomic E-state index is 0.611. The molecule has 0 radical (unpaired) electrons. The van der Waals surface area contributed by atoms with E-state index < -0.39 is 0 Å².